The topological polar surface area (TPSA) is 54.5 Å². The fourth-order valence-corrected chi connectivity index (χ4v) is 5.53. The molecule has 1 unspecified atom stereocenters. The van der Waals surface area contributed by atoms with Crippen molar-refractivity contribution in [3.63, 3.8) is 0 Å². The zero-order chi connectivity index (χ0) is 21.2. The Kier molecular flexibility index (Phi) is 6.24. The number of hydrogen-bond acceptors (Lipinski definition) is 3. The quantitative estimate of drug-likeness (QED) is 0.708. The van der Waals surface area contributed by atoms with Crippen LogP contribution in [-0.2, 0) is 27.2 Å². The molecular formula is C20H19ClF3NO3S. The molecule has 9 heteroatoms. The van der Waals surface area contributed by atoms with E-state index < -0.39 is 26.8 Å². The van der Waals surface area contributed by atoms with Gasteiger partial charge in [0.25, 0.3) is 0 Å². The lowest BCUT2D eigenvalue weighted by Crippen LogP contribution is -2.34. The fourth-order valence-electron chi connectivity index (χ4n) is 3.38. The minimum Gasteiger partial charge on any atom is -0.341 e. The van der Waals surface area contributed by atoms with Gasteiger partial charge >= 0.3 is 6.18 Å². The van der Waals surface area contributed by atoms with Crippen LogP contribution >= 0.6 is 11.6 Å². The molecule has 1 aliphatic rings. The van der Waals surface area contributed by atoms with Crippen molar-refractivity contribution >= 4 is 27.3 Å². The molecule has 0 radical (unpaired) electrons. The van der Waals surface area contributed by atoms with Crippen LogP contribution in [0.3, 0.4) is 0 Å². The minimum absolute atomic E-state index is 0.0444. The number of rotatable bonds is 3. The van der Waals surface area contributed by atoms with E-state index in [1.54, 1.807) is 24.3 Å². The van der Waals surface area contributed by atoms with E-state index in [4.69, 9.17) is 11.6 Å². The lowest BCUT2D eigenvalue weighted by Gasteiger charge is -2.20. The summed E-state index contributed by atoms with van der Waals surface area (Å²) in [5.74, 6) is -0.512. The summed E-state index contributed by atoms with van der Waals surface area (Å²) in [4.78, 5) is 14.1. The summed E-state index contributed by atoms with van der Waals surface area (Å²) in [6.07, 6.45) is -4.31. The maximum absolute atomic E-state index is 12.7. The van der Waals surface area contributed by atoms with E-state index in [1.807, 2.05) is 0 Å². The Hall–Kier alpha value is -2.06. The lowest BCUT2D eigenvalue weighted by atomic mass is 10.1. The highest BCUT2D eigenvalue weighted by Gasteiger charge is 2.34. The molecule has 1 saturated heterocycles. The van der Waals surface area contributed by atoms with E-state index in [0.29, 0.717) is 16.1 Å². The second-order valence-electron chi connectivity index (χ2n) is 6.92. The van der Waals surface area contributed by atoms with Crippen LogP contribution in [0.2, 0.25) is 5.02 Å². The number of carbonyl (C=O) groups excluding carboxylic acids is 1. The first-order chi connectivity index (χ1) is 13.6. The van der Waals surface area contributed by atoms with Crippen molar-refractivity contribution in [2.45, 2.75) is 24.3 Å². The maximum Gasteiger partial charge on any atom is 0.416 e. The number of benzene rings is 2. The van der Waals surface area contributed by atoms with Crippen LogP contribution in [0.4, 0.5) is 13.2 Å². The van der Waals surface area contributed by atoms with Crippen LogP contribution in [0, 0.1) is 0 Å². The number of halogens is 4. The highest BCUT2D eigenvalue weighted by atomic mass is 35.5. The third-order valence-corrected chi connectivity index (χ3v) is 7.43. The molecule has 1 amide bonds. The molecule has 1 heterocycles. The highest BCUT2D eigenvalue weighted by molar-refractivity contribution is 7.91. The summed E-state index contributed by atoms with van der Waals surface area (Å²) in [6.45, 7) is 0.275. The van der Waals surface area contributed by atoms with E-state index in [0.717, 1.165) is 12.1 Å². The number of sulfone groups is 1. The van der Waals surface area contributed by atoms with Crippen LogP contribution in [0.5, 0.6) is 0 Å². The molecular weight excluding hydrogens is 427 g/mol. The molecule has 29 heavy (non-hydrogen) atoms. The van der Waals surface area contributed by atoms with Crippen LogP contribution < -0.4 is 0 Å². The Morgan fingerprint density at radius 3 is 2.34 bits per heavy atom. The largest absolute Gasteiger partial charge is 0.416 e. The Morgan fingerprint density at radius 2 is 1.72 bits per heavy atom. The first-order valence-electron chi connectivity index (χ1n) is 8.98. The molecule has 2 aromatic carbocycles. The number of nitrogens with zero attached hydrogens (tertiary/aromatic N) is 1. The molecule has 2 aromatic rings. The van der Waals surface area contributed by atoms with Crippen molar-refractivity contribution in [2.24, 2.45) is 0 Å². The molecule has 0 aromatic heterocycles. The lowest BCUT2D eigenvalue weighted by molar-refractivity contribution is -0.137. The second kappa shape index (κ2) is 8.36. The van der Waals surface area contributed by atoms with E-state index in [2.05, 4.69) is 0 Å². The highest BCUT2D eigenvalue weighted by Crippen LogP contribution is 2.34. The third-order valence-electron chi connectivity index (χ3n) is 4.98. The molecule has 3 rings (SSSR count). The van der Waals surface area contributed by atoms with Gasteiger partial charge in [-0.15, -0.1) is 0 Å². The van der Waals surface area contributed by atoms with Crippen LogP contribution in [0.15, 0.2) is 48.5 Å². The second-order valence-corrected chi connectivity index (χ2v) is 9.63. The summed E-state index contributed by atoms with van der Waals surface area (Å²) in [5.41, 5.74) is 0.182. The van der Waals surface area contributed by atoms with Gasteiger partial charge in [0.1, 0.15) is 0 Å². The predicted octanol–water partition coefficient (Wildman–Crippen LogP) is 4.29. The monoisotopic (exact) mass is 445 g/mol. The Balaban J connectivity index is 1.71. The third kappa shape index (κ3) is 5.11. The maximum atomic E-state index is 12.7. The van der Waals surface area contributed by atoms with Crippen molar-refractivity contribution in [2.75, 3.05) is 18.8 Å². The molecule has 0 N–H and O–H groups in total. The number of alkyl halides is 3. The SMILES string of the molecule is O=C(Cc1ccc(C(F)(F)F)cc1)N1CCC(c2ccccc2Cl)S(=O)(=O)CC1. The van der Waals surface area contributed by atoms with Gasteiger partial charge in [-0.25, -0.2) is 8.42 Å². The van der Waals surface area contributed by atoms with Gasteiger partial charge < -0.3 is 4.90 Å². The van der Waals surface area contributed by atoms with Crippen molar-refractivity contribution < 1.29 is 26.4 Å². The van der Waals surface area contributed by atoms with E-state index >= 15 is 0 Å². The molecule has 0 saturated carbocycles. The fraction of sp³-hybridized carbons (Fsp3) is 0.350. The van der Waals surface area contributed by atoms with Gasteiger partial charge in [0.05, 0.1) is 23.0 Å². The molecule has 0 bridgehead atoms. The van der Waals surface area contributed by atoms with Crippen molar-refractivity contribution in [1.29, 1.82) is 0 Å². The van der Waals surface area contributed by atoms with Gasteiger partial charge in [0, 0.05) is 18.1 Å². The van der Waals surface area contributed by atoms with Crippen LogP contribution in [0.25, 0.3) is 0 Å². The normalized spacial score (nSPS) is 19.6. The average molecular weight is 446 g/mol. The van der Waals surface area contributed by atoms with Gasteiger partial charge in [-0.2, -0.15) is 13.2 Å². The minimum atomic E-state index is -4.44. The van der Waals surface area contributed by atoms with Gasteiger partial charge in [0.15, 0.2) is 9.84 Å². The average Bonchev–Trinajstić information content (AvgIpc) is 2.80. The molecule has 1 aliphatic heterocycles. The Labute approximate surface area is 172 Å². The van der Waals surface area contributed by atoms with E-state index in [1.165, 1.54) is 17.0 Å². The smallest absolute Gasteiger partial charge is 0.341 e. The molecule has 1 atom stereocenters. The molecule has 4 nitrogen and oxygen atoms in total. The zero-order valence-electron chi connectivity index (χ0n) is 15.3. The summed E-state index contributed by atoms with van der Waals surface area (Å²) in [6, 6.07) is 11.1. The first-order valence-corrected chi connectivity index (χ1v) is 11.1. The molecule has 156 valence electrons. The summed E-state index contributed by atoms with van der Waals surface area (Å²) in [7, 11) is -3.50. The first kappa shape index (κ1) is 21.6. The summed E-state index contributed by atoms with van der Waals surface area (Å²) < 4.78 is 63.4. The Morgan fingerprint density at radius 1 is 1.07 bits per heavy atom. The van der Waals surface area contributed by atoms with E-state index in [-0.39, 0.29) is 37.6 Å². The zero-order valence-corrected chi connectivity index (χ0v) is 16.9. The van der Waals surface area contributed by atoms with Gasteiger partial charge in [-0.3, -0.25) is 4.79 Å². The number of amides is 1. The molecule has 1 fully saturated rings. The van der Waals surface area contributed by atoms with E-state index in [9.17, 15) is 26.4 Å². The number of hydrogen-bond donors (Lipinski definition) is 0. The van der Waals surface area contributed by atoms with Crippen molar-refractivity contribution in [3.8, 4) is 0 Å². The summed E-state index contributed by atoms with van der Waals surface area (Å²) in [5, 5.41) is -0.425. The van der Waals surface area contributed by atoms with Crippen molar-refractivity contribution in [1.82, 2.24) is 4.90 Å². The van der Waals surface area contributed by atoms with Gasteiger partial charge in [0.2, 0.25) is 5.91 Å². The van der Waals surface area contributed by atoms with Crippen LogP contribution in [0.1, 0.15) is 28.4 Å². The predicted molar refractivity (Wildman–Crippen MR) is 104 cm³/mol. The van der Waals surface area contributed by atoms with Gasteiger partial charge in [-0.1, -0.05) is 41.9 Å². The Bertz CT molecular complexity index is 991. The van der Waals surface area contributed by atoms with Crippen LogP contribution in [-0.4, -0.2) is 38.1 Å². The number of carbonyl (C=O) groups is 1. The standard InChI is InChI=1S/C20H19ClF3NO3S/c21-17-4-2-1-3-16(17)18-9-10-25(11-12-29(18,27)28)19(26)13-14-5-7-15(8-6-14)20(22,23)24/h1-8,18H,9-13H2. The van der Waals surface area contributed by atoms with Gasteiger partial charge in [-0.05, 0) is 35.7 Å². The molecule has 0 aliphatic carbocycles. The molecule has 0 spiro atoms. The summed E-state index contributed by atoms with van der Waals surface area (Å²) >= 11 is 6.16. The van der Waals surface area contributed by atoms with Crippen molar-refractivity contribution in [3.05, 3.63) is 70.2 Å².